The lowest BCUT2D eigenvalue weighted by atomic mass is 10.1. The third-order valence-electron chi connectivity index (χ3n) is 3.25. The van der Waals surface area contributed by atoms with E-state index < -0.39 is 6.10 Å². The van der Waals surface area contributed by atoms with Gasteiger partial charge in [0.1, 0.15) is 5.82 Å². The van der Waals surface area contributed by atoms with Gasteiger partial charge in [-0.05, 0) is 38.1 Å². The van der Waals surface area contributed by atoms with Gasteiger partial charge in [0.05, 0.1) is 18.3 Å². The van der Waals surface area contributed by atoms with Crippen LogP contribution in [0.15, 0.2) is 42.6 Å². The number of aliphatic hydroxyl groups excluding tert-OH is 1. The normalized spacial score (nSPS) is 12.2. The Hall–Kier alpha value is -1.94. The lowest BCUT2D eigenvalue weighted by Crippen LogP contribution is -2.24. The highest BCUT2D eigenvalue weighted by atomic mass is 19.1. The number of aliphatic hydroxyl groups is 1. The first-order valence-corrected chi connectivity index (χ1v) is 6.74. The van der Waals surface area contributed by atoms with Gasteiger partial charge in [0.15, 0.2) is 0 Å². The fourth-order valence-corrected chi connectivity index (χ4v) is 2.27. The number of nitrogens with zero attached hydrogens (tertiary/aromatic N) is 2. The van der Waals surface area contributed by atoms with Crippen molar-refractivity contribution in [3.05, 3.63) is 59.7 Å². The highest BCUT2D eigenvalue weighted by molar-refractivity contribution is 5.55. The molecular weight excluding hydrogens is 255 g/mol. The first-order valence-electron chi connectivity index (χ1n) is 6.74. The number of benzene rings is 1. The van der Waals surface area contributed by atoms with Gasteiger partial charge in [-0.15, -0.1) is 0 Å². The highest BCUT2D eigenvalue weighted by Crippen LogP contribution is 2.29. The van der Waals surface area contributed by atoms with E-state index in [1.54, 1.807) is 19.2 Å². The molecule has 2 rings (SSSR count). The van der Waals surface area contributed by atoms with Crippen LogP contribution in [0.4, 0.5) is 10.1 Å². The lowest BCUT2D eigenvalue weighted by molar-refractivity contribution is 0.194. The van der Waals surface area contributed by atoms with Crippen LogP contribution in [0.3, 0.4) is 0 Å². The van der Waals surface area contributed by atoms with Crippen LogP contribution >= 0.6 is 0 Å². The van der Waals surface area contributed by atoms with Crippen LogP contribution in [0.1, 0.15) is 31.2 Å². The topological polar surface area (TPSA) is 36.4 Å². The van der Waals surface area contributed by atoms with Gasteiger partial charge in [-0.2, -0.15) is 0 Å². The van der Waals surface area contributed by atoms with Gasteiger partial charge in [-0.1, -0.05) is 12.1 Å². The molecule has 1 aromatic carbocycles. The minimum atomic E-state index is -0.844. The molecule has 0 aliphatic carbocycles. The Balaban J connectivity index is 2.35. The number of rotatable bonds is 5. The second-order valence-corrected chi connectivity index (χ2v) is 4.68. The van der Waals surface area contributed by atoms with E-state index in [1.807, 2.05) is 36.1 Å². The van der Waals surface area contributed by atoms with Gasteiger partial charge in [0.25, 0.3) is 0 Å². The average molecular weight is 274 g/mol. The maximum Gasteiger partial charge on any atom is 0.131 e. The van der Waals surface area contributed by atoms with Gasteiger partial charge in [-0.3, -0.25) is 4.98 Å². The van der Waals surface area contributed by atoms with Crippen LogP contribution in [-0.2, 0) is 6.54 Å². The molecule has 0 aliphatic rings. The first-order chi connectivity index (χ1) is 9.63. The minimum Gasteiger partial charge on any atom is -0.389 e. The fourth-order valence-electron chi connectivity index (χ4n) is 2.27. The molecular formula is C16H19FN2O. The number of pyridine rings is 1. The molecule has 20 heavy (non-hydrogen) atoms. The smallest absolute Gasteiger partial charge is 0.131 e. The van der Waals surface area contributed by atoms with Crippen molar-refractivity contribution in [2.24, 2.45) is 0 Å². The monoisotopic (exact) mass is 274 g/mol. The molecule has 1 aromatic heterocycles. The van der Waals surface area contributed by atoms with Crippen molar-refractivity contribution in [2.75, 3.05) is 11.4 Å². The quantitative estimate of drug-likeness (QED) is 0.908. The Morgan fingerprint density at radius 2 is 2.05 bits per heavy atom. The SMILES string of the molecule is CCN(Cc1ccccn1)c1cccc(F)c1[C@@H](C)O. The maximum atomic E-state index is 13.9. The predicted molar refractivity (Wildman–Crippen MR) is 78.0 cm³/mol. The Bertz CT molecular complexity index is 558. The van der Waals surface area contributed by atoms with Crippen molar-refractivity contribution in [3.63, 3.8) is 0 Å². The van der Waals surface area contributed by atoms with Gasteiger partial charge < -0.3 is 10.0 Å². The summed E-state index contributed by atoms with van der Waals surface area (Å²) in [4.78, 5) is 6.30. The lowest BCUT2D eigenvalue weighted by Gasteiger charge is -2.26. The summed E-state index contributed by atoms with van der Waals surface area (Å²) in [6, 6.07) is 10.6. The van der Waals surface area contributed by atoms with E-state index in [-0.39, 0.29) is 5.82 Å². The summed E-state index contributed by atoms with van der Waals surface area (Å²) in [5.41, 5.74) is 1.97. The second-order valence-electron chi connectivity index (χ2n) is 4.68. The number of hydrogen-bond donors (Lipinski definition) is 1. The van der Waals surface area contributed by atoms with Gasteiger partial charge in [0.2, 0.25) is 0 Å². The molecule has 0 radical (unpaired) electrons. The fraction of sp³-hybridized carbons (Fsp3) is 0.312. The van der Waals surface area contributed by atoms with Crippen LogP contribution in [0.25, 0.3) is 0 Å². The van der Waals surface area contributed by atoms with E-state index in [0.717, 1.165) is 5.69 Å². The molecule has 3 nitrogen and oxygen atoms in total. The maximum absolute atomic E-state index is 13.9. The molecule has 0 spiro atoms. The summed E-state index contributed by atoms with van der Waals surface area (Å²) in [7, 11) is 0. The van der Waals surface area contributed by atoms with E-state index >= 15 is 0 Å². The number of anilines is 1. The van der Waals surface area contributed by atoms with Crippen molar-refractivity contribution in [3.8, 4) is 0 Å². The summed E-state index contributed by atoms with van der Waals surface area (Å²) in [5.74, 6) is -0.378. The molecule has 0 saturated heterocycles. The van der Waals surface area contributed by atoms with Crippen LogP contribution in [0.5, 0.6) is 0 Å². The van der Waals surface area contributed by atoms with E-state index in [1.165, 1.54) is 6.07 Å². The third kappa shape index (κ3) is 3.14. The molecule has 0 saturated carbocycles. The molecule has 0 bridgehead atoms. The largest absolute Gasteiger partial charge is 0.389 e. The van der Waals surface area contributed by atoms with E-state index in [0.29, 0.717) is 24.3 Å². The molecule has 1 N–H and O–H groups in total. The molecule has 1 heterocycles. The standard InChI is InChI=1S/C16H19FN2O/c1-3-19(11-13-7-4-5-10-18-13)15-9-6-8-14(17)16(15)12(2)20/h4-10,12,20H,3,11H2,1-2H3/t12-/m1/s1. The third-order valence-corrected chi connectivity index (χ3v) is 3.25. The van der Waals surface area contributed by atoms with E-state index in [2.05, 4.69) is 4.98 Å². The van der Waals surface area contributed by atoms with Crippen molar-refractivity contribution >= 4 is 5.69 Å². The summed E-state index contributed by atoms with van der Waals surface area (Å²) in [5, 5.41) is 9.81. The number of aromatic nitrogens is 1. The molecule has 0 unspecified atom stereocenters. The molecule has 0 fully saturated rings. The van der Waals surface area contributed by atoms with Crippen molar-refractivity contribution in [2.45, 2.75) is 26.5 Å². The van der Waals surface area contributed by atoms with Crippen LogP contribution in [0, 0.1) is 5.82 Å². The predicted octanol–water partition coefficient (Wildman–Crippen LogP) is 3.30. The summed E-state index contributed by atoms with van der Waals surface area (Å²) in [6.45, 7) is 4.87. The number of halogens is 1. The zero-order valence-corrected chi connectivity index (χ0v) is 11.8. The molecule has 106 valence electrons. The van der Waals surface area contributed by atoms with Crippen molar-refractivity contribution < 1.29 is 9.50 Å². The first kappa shape index (κ1) is 14.5. The van der Waals surface area contributed by atoms with E-state index in [4.69, 9.17) is 0 Å². The van der Waals surface area contributed by atoms with E-state index in [9.17, 15) is 9.50 Å². The van der Waals surface area contributed by atoms with Crippen molar-refractivity contribution in [1.82, 2.24) is 4.98 Å². The zero-order valence-electron chi connectivity index (χ0n) is 11.8. The Morgan fingerprint density at radius 3 is 2.65 bits per heavy atom. The highest BCUT2D eigenvalue weighted by Gasteiger charge is 2.17. The summed E-state index contributed by atoms with van der Waals surface area (Å²) >= 11 is 0. The Labute approximate surface area is 118 Å². The summed E-state index contributed by atoms with van der Waals surface area (Å²) in [6.07, 6.45) is 0.897. The molecule has 1 atom stereocenters. The molecule has 0 aliphatic heterocycles. The molecule has 2 aromatic rings. The number of hydrogen-bond acceptors (Lipinski definition) is 3. The average Bonchev–Trinajstić information content (AvgIpc) is 2.45. The van der Waals surface area contributed by atoms with Crippen LogP contribution in [-0.4, -0.2) is 16.6 Å². The Morgan fingerprint density at radius 1 is 1.25 bits per heavy atom. The van der Waals surface area contributed by atoms with Crippen LogP contribution < -0.4 is 4.90 Å². The molecule has 4 heteroatoms. The zero-order chi connectivity index (χ0) is 14.5. The van der Waals surface area contributed by atoms with Gasteiger partial charge in [0, 0.05) is 24.0 Å². The minimum absolute atomic E-state index is 0.338. The Kier molecular flexibility index (Phi) is 4.69. The van der Waals surface area contributed by atoms with Gasteiger partial charge >= 0.3 is 0 Å². The van der Waals surface area contributed by atoms with Gasteiger partial charge in [-0.25, -0.2) is 4.39 Å². The molecule has 0 amide bonds. The van der Waals surface area contributed by atoms with Crippen molar-refractivity contribution in [1.29, 1.82) is 0 Å². The van der Waals surface area contributed by atoms with Crippen LogP contribution in [0.2, 0.25) is 0 Å². The second kappa shape index (κ2) is 6.48. The summed E-state index contributed by atoms with van der Waals surface area (Å²) < 4.78 is 13.9.